The highest BCUT2D eigenvalue weighted by atomic mass is 19.1. The van der Waals surface area contributed by atoms with Crippen LogP contribution >= 0.6 is 0 Å². The molecule has 0 aliphatic carbocycles. The van der Waals surface area contributed by atoms with Gasteiger partial charge >= 0.3 is 0 Å². The van der Waals surface area contributed by atoms with Gasteiger partial charge in [-0.15, -0.1) is 0 Å². The second-order valence-electron chi connectivity index (χ2n) is 9.79. The molecule has 6 nitrogen and oxygen atoms in total. The minimum atomic E-state index is -0.589. The summed E-state index contributed by atoms with van der Waals surface area (Å²) in [5.41, 5.74) is 10.6. The van der Waals surface area contributed by atoms with Crippen LogP contribution in [0.2, 0.25) is 0 Å². The number of aromatic nitrogens is 3. The van der Waals surface area contributed by atoms with Gasteiger partial charge in [0.15, 0.2) is 0 Å². The number of hydrogen-bond donors (Lipinski definition) is 1. The Morgan fingerprint density at radius 3 is 2.38 bits per heavy atom. The Bertz CT molecular complexity index is 1550. The third-order valence-electron chi connectivity index (χ3n) is 7.19. The number of fused-ring (bicyclic) bond motifs is 1. The maximum Gasteiger partial charge on any atom is 0.137 e. The number of anilines is 3. The van der Waals surface area contributed by atoms with Crippen molar-refractivity contribution in [2.45, 2.75) is 19.0 Å². The second-order valence-corrected chi connectivity index (χ2v) is 9.79. The highest BCUT2D eigenvalue weighted by Gasteiger charge is 2.25. The largest absolute Gasteiger partial charge is 0.345 e. The van der Waals surface area contributed by atoms with Crippen LogP contribution in [-0.2, 0) is 13.1 Å². The minimum Gasteiger partial charge on any atom is -0.345 e. The Morgan fingerprint density at radius 1 is 0.872 bits per heavy atom. The third kappa shape index (κ3) is 5.37. The van der Waals surface area contributed by atoms with Gasteiger partial charge in [0.2, 0.25) is 0 Å². The van der Waals surface area contributed by atoms with E-state index in [-0.39, 0.29) is 5.92 Å². The zero-order chi connectivity index (χ0) is 26.8. The molecular weight excluding hydrogens is 494 g/mol. The Morgan fingerprint density at radius 2 is 1.64 bits per heavy atom. The van der Waals surface area contributed by atoms with Gasteiger partial charge < -0.3 is 10.3 Å². The lowest BCUT2D eigenvalue weighted by Crippen LogP contribution is -2.31. The van der Waals surface area contributed by atoms with Crippen molar-refractivity contribution >= 4 is 17.1 Å². The third-order valence-corrected chi connectivity index (χ3v) is 7.19. The van der Waals surface area contributed by atoms with E-state index in [4.69, 9.17) is 0 Å². The quantitative estimate of drug-likeness (QED) is 0.248. The van der Waals surface area contributed by atoms with E-state index in [1.807, 2.05) is 18.2 Å². The van der Waals surface area contributed by atoms with E-state index in [0.29, 0.717) is 25.2 Å². The van der Waals surface area contributed by atoms with E-state index in [1.54, 1.807) is 11.0 Å². The Labute approximate surface area is 226 Å². The average Bonchev–Trinajstić information content (AvgIpc) is 3.62. The van der Waals surface area contributed by atoms with Gasteiger partial charge in [0, 0.05) is 43.5 Å². The summed E-state index contributed by atoms with van der Waals surface area (Å²) in [4.78, 5) is 6.17. The van der Waals surface area contributed by atoms with Gasteiger partial charge in [-0.2, -0.15) is 5.10 Å². The molecule has 2 heterocycles. The van der Waals surface area contributed by atoms with Crippen molar-refractivity contribution in [3.63, 3.8) is 0 Å². The molecule has 39 heavy (non-hydrogen) atoms. The van der Waals surface area contributed by atoms with Crippen LogP contribution in [0.15, 0.2) is 104 Å². The van der Waals surface area contributed by atoms with Crippen LogP contribution in [0.1, 0.15) is 17.0 Å². The lowest BCUT2D eigenvalue weighted by molar-refractivity contribution is 0.296. The van der Waals surface area contributed by atoms with Crippen LogP contribution in [0.3, 0.4) is 0 Å². The maximum absolute atomic E-state index is 14.8. The zero-order valence-electron chi connectivity index (χ0n) is 21.5. The number of benzene rings is 4. The number of hydrogen-bond acceptors (Lipinski definition) is 5. The van der Waals surface area contributed by atoms with Gasteiger partial charge in [0.1, 0.15) is 24.3 Å². The zero-order valence-corrected chi connectivity index (χ0v) is 21.5. The van der Waals surface area contributed by atoms with E-state index in [0.717, 1.165) is 28.7 Å². The van der Waals surface area contributed by atoms with Crippen LogP contribution in [-0.4, -0.2) is 33.4 Å². The molecule has 5 aromatic rings. The van der Waals surface area contributed by atoms with Crippen molar-refractivity contribution in [3.8, 4) is 11.1 Å². The molecule has 0 saturated carbocycles. The average molecular weight is 523 g/mol. The first kappa shape index (κ1) is 24.8. The molecule has 1 aliphatic rings. The van der Waals surface area contributed by atoms with Gasteiger partial charge in [0.05, 0.1) is 12.2 Å². The molecular formula is C31H28F2N6. The highest BCUT2D eigenvalue weighted by molar-refractivity contribution is 5.71. The van der Waals surface area contributed by atoms with Crippen LogP contribution < -0.4 is 10.3 Å². The minimum absolute atomic E-state index is 0.264. The molecule has 6 rings (SSSR count). The first-order valence-electron chi connectivity index (χ1n) is 12.8. The second kappa shape index (κ2) is 10.7. The van der Waals surface area contributed by atoms with Gasteiger partial charge in [-0.3, -0.25) is 4.68 Å². The summed E-state index contributed by atoms with van der Waals surface area (Å²) in [5.74, 6) is -1.41. The molecule has 1 aromatic heterocycles. The van der Waals surface area contributed by atoms with Crippen LogP contribution in [0.4, 0.5) is 25.8 Å². The topological polar surface area (TPSA) is 49.2 Å². The van der Waals surface area contributed by atoms with E-state index >= 15 is 0 Å². The van der Waals surface area contributed by atoms with Gasteiger partial charge in [0.25, 0.3) is 0 Å². The molecule has 1 aliphatic heterocycles. The fourth-order valence-electron chi connectivity index (χ4n) is 5.12. The van der Waals surface area contributed by atoms with Crippen LogP contribution in [0.5, 0.6) is 0 Å². The summed E-state index contributed by atoms with van der Waals surface area (Å²) in [6, 6.07) is 29.0. The van der Waals surface area contributed by atoms with Crippen LogP contribution in [0, 0.1) is 11.6 Å². The van der Waals surface area contributed by atoms with Crippen molar-refractivity contribution in [3.05, 3.63) is 126 Å². The van der Waals surface area contributed by atoms with Crippen molar-refractivity contribution in [2.24, 2.45) is 0 Å². The summed E-state index contributed by atoms with van der Waals surface area (Å²) >= 11 is 0. The molecule has 4 aromatic carbocycles. The highest BCUT2D eigenvalue weighted by Crippen LogP contribution is 2.34. The van der Waals surface area contributed by atoms with E-state index < -0.39 is 11.6 Å². The lowest BCUT2D eigenvalue weighted by Gasteiger charge is -2.24. The molecule has 0 radical (unpaired) electrons. The summed E-state index contributed by atoms with van der Waals surface area (Å²) < 4.78 is 30.0. The molecule has 1 unspecified atom stereocenters. The molecule has 0 spiro atoms. The lowest BCUT2D eigenvalue weighted by atomic mass is 9.98. The number of nitrogens with zero attached hydrogens (tertiary/aromatic N) is 5. The monoisotopic (exact) mass is 522 g/mol. The number of hydrazine groups is 1. The summed E-state index contributed by atoms with van der Waals surface area (Å²) in [6.45, 7) is 1.58. The fourth-order valence-corrected chi connectivity index (χ4v) is 5.12. The molecule has 1 N–H and O–H groups in total. The molecule has 0 fully saturated rings. The van der Waals surface area contributed by atoms with Crippen molar-refractivity contribution < 1.29 is 8.78 Å². The SMILES string of the molecule is CN(c1ccc(-c2ccccc2)cc1)c1ccc2c(c1)CN(CC(Cn1cncn1)c1ccc(F)cc1F)N2. The van der Waals surface area contributed by atoms with Crippen molar-refractivity contribution in [2.75, 3.05) is 23.9 Å². The number of rotatable bonds is 8. The van der Waals surface area contributed by atoms with E-state index in [9.17, 15) is 8.78 Å². The molecule has 196 valence electrons. The predicted octanol–water partition coefficient (Wildman–Crippen LogP) is 6.62. The fraction of sp³-hybridized carbons (Fsp3) is 0.161. The van der Waals surface area contributed by atoms with Gasteiger partial charge in [-0.25, -0.2) is 18.8 Å². The standard InChI is InChI=1S/C31H28F2N6/c1-37(27-10-7-23(8-11-27)22-5-3-2-4-6-22)28-12-14-31-24(15-28)17-38(36-31)18-25(19-39-21-34-20-35-39)29-13-9-26(32)16-30(29)33/h2-16,20-21,25,36H,17-19H2,1H3. The summed E-state index contributed by atoms with van der Waals surface area (Å²) in [5, 5.41) is 6.25. The van der Waals surface area contributed by atoms with Crippen molar-refractivity contribution in [1.29, 1.82) is 0 Å². The molecule has 0 bridgehead atoms. The predicted molar refractivity (Wildman–Crippen MR) is 150 cm³/mol. The van der Waals surface area contributed by atoms with Crippen molar-refractivity contribution in [1.82, 2.24) is 19.8 Å². The molecule has 0 amide bonds. The smallest absolute Gasteiger partial charge is 0.137 e. The first-order valence-corrected chi connectivity index (χ1v) is 12.8. The van der Waals surface area contributed by atoms with E-state index in [2.05, 4.69) is 87.1 Å². The first-order chi connectivity index (χ1) is 19.0. The van der Waals surface area contributed by atoms with E-state index in [1.165, 1.54) is 29.6 Å². The number of nitrogens with one attached hydrogen (secondary N) is 1. The summed E-state index contributed by atoms with van der Waals surface area (Å²) in [7, 11) is 2.06. The van der Waals surface area contributed by atoms with Gasteiger partial charge in [-0.05, 0) is 58.7 Å². The number of halogens is 2. The van der Waals surface area contributed by atoms with Crippen LogP contribution in [0.25, 0.3) is 11.1 Å². The molecule has 8 heteroatoms. The molecule has 0 saturated heterocycles. The Kier molecular flexibility index (Phi) is 6.77. The molecule has 1 atom stereocenters. The Hall–Kier alpha value is -4.56. The normalized spacial score (nSPS) is 13.6. The van der Waals surface area contributed by atoms with Gasteiger partial charge in [-0.1, -0.05) is 48.5 Å². The maximum atomic E-state index is 14.8. The Balaban J connectivity index is 1.18. The summed E-state index contributed by atoms with van der Waals surface area (Å²) in [6.07, 6.45) is 3.06.